The first-order valence-electron chi connectivity index (χ1n) is 5.16. The molecule has 0 spiro atoms. The predicted molar refractivity (Wildman–Crippen MR) is 67.0 cm³/mol. The molecule has 2 N–H and O–H groups in total. The largest absolute Gasteiger partial charge is 0.337 e. The zero-order valence-corrected chi connectivity index (χ0v) is 10.7. The lowest BCUT2D eigenvalue weighted by Crippen LogP contribution is -2.08. The second kappa shape index (κ2) is 5.04. The van der Waals surface area contributed by atoms with Crippen molar-refractivity contribution in [3.8, 4) is 11.4 Å². The third kappa shape index (κ3) is 2.60. The standard InChI is InChI=1S/C11H11Cl2N3O/c1-2-9(14)11-15-10(16-17-11)6-3-4-7(12)8(13)5-6/h3-5,9H,2,14H2,1H3/t9-/m1/s1. The highest BCUT2D eigenvalue weighted by atomic mass is 35.5. The van der Waals surface area contributed by atoms with Crippen molar-refractivity contribution < 1.29 is 4.52 Å². The van der Waals surface area contributed by atoms with Gasteiger partial charge < -0.3 is 10.3 Å². The van der Waals surface area contributed by atoms with E-state index in [1.807, 2.05) is 6.92 Å². The fraction of sp³-hybridized carbons (Fsp3) is 0.273. The first kappa shape index (κ1) is 12.4. The summed E-state index contributed by atoms with van der Waals surface area (Å²) < 4.78 is 5.08. The lowest BCUT2D eigenvalue weighted by Gasteiger charge is -1.99. The summed E-state index contributed by atoms with van der Waals surface area (Å²) in [5, 5.41) is 4.80. The maximum Gasteiger partial charge on any atom is 0.243 e. The molecule has 0 saturated carbocycles. The minimum Gasteiger partial charge on any atom is -0.337 e. The summed E-state index contributed by atoms with van der Waals surface area (Å²) >= 11 is 11.7. The van der Waals surface area contributed by atoms with Crippen molar-refractivity contribution in [1.82, 2.24) is 10.1 Å². The van der Waals surface area contributed by atoms with E-state index in [2.05, 4.69) is 10.1 Å². The van der Waals surface area contributed by atoms with Crippen LogP contribution in [0, 0.1) is 0 Å². The third-order valence-corrected chi connectivity index (χ3v) is 3.12. The summed E-state index contributed by atoms with van der Waals surface area (Å²) in [5.41, 5.74) is 6.54. The van der Waals surface area contributed by atoms with Gasteiger partial charge in [-0.3, -0.25) is 0 Å². The van der Waals surface area contributed by atoms with E-state index in [4.69, 9.17) is 33.5 Å². The monoisotopic (exact) mass is 271 g/mol. The molecule has 1 atom stereocenters. The lowest BCUT2D eigenvalue weighted by molar-refractivity contribution is 0.352. The van der Waals surface area contributed by atoms with Gasteiger partial charge in [-0.2, -0.15) is 4.98 Å². The van der Waals surface area contributed by atoms with Gasteiger partial charge in [0.25, 0.3) is 0 Å². The van der Waals surface area contributed by atoms with Gasteiger partial charge >= 0.3 is 0 Å². The van der Waals surface area contributed by atoms with E-state index in [9.17, 15) is 0 Å². The summed E-state index contributed by atoms with van der Waals surface area (Å²) in [7, 11) is 0. The van der Waals surface area contributed by atoms with Gasteiger partial charge in [0.1, 0.15) is 0 Å². The Labute approximate surface area is 109 Å². The maximum atomic E-state index is 5.92. The summed E-state index contributed by atoms with van der Waals surface area (Å²) in [6.45, 7) is 1.95. The molecule has 1 aromatic heterocycles. The highest BCUT2D eigenvalue weighted by Gasteiger charge is 2.14. The molecular formula is C11H11Cl2N3O. The van der Waals surface area contributed by atoms with Crippen LogP contribution in [0.1, 0.15) is 25.3 Å². The van der Waals surface area contributed by atoms with Crippen LogP contribution in [-0.2, 0) is 0 Å². The average Bonchev–Trinajstić information content (AvgIpc) is 2.81. The lowest BCUT2D eigenvalue weighted by atomic mass is 10.2. The summed E-state index contributed by atoms with van der Waals surface area (Å²) in [6.07, 6.45) is 0.739. The fourth-order valence-electron chi connectivity index (χ4n) is 1.31. The van der Waals surface area contributed by atoms with Crippen LogP contribution in [0.25, 0.3) is 11.4 Å². The Morgan fingerprint density at radius 3 is 2.76 bits per heavy atom. The van der Waals surface area contributed by atoms with E-state index in [1.54, 1.807) is 18.2 Å². The Hall–Kier alpha value is -1.10. The molecule has 4 nitrogen and oxygen atoms in total. The van der Waals surface area contributed by atoms with E-state index < -0.39 is 0 Å². The highest BCUT2D eigenvalue weighted by Crippen LogP contribution is 2.27. The molecule has 0 aliphatic rings. The fourth-order valence-corrected chi connectivity index (χ4v) is 1.61. The molecule has 17 heavy (non-hydrogen) atoms. The molecule has 6 heteroatoms. The Morgan fingerprint density at radius 1 is 1.35 bits per heavy atom. The van der Waals surface area contributed by atoms with Crippen LogP contribution in [-0.4, -0.2) is 10.1 Å². The van der Waals surface area contributed by atoms with Crippen LogP contribution in [0.2, 0.25) is 10.0 Å². The van der Waals surface area contributed by atoms with Gasteiger partial charge in [-0.05, 0) is 24.6 Å². The van der Waals surface area contributed by atoms with Gasteiger partial charge in [0, 0.05) is 5.56 Å². The minimum absolute atomic E-state index is 0.237. The molecule has 0 fully saturated rings. The normalized spacial score (nSPS) is 12.7. The minimum atomic E-state index is -0.237. The molecule has 90 valence electrons. The smallest absolute Gasteiger partial charge is 0.243 e. The van der Waals surface area contributed by atoms with Crippen LogP contribution in [0.5, 0.6) is 0 Å². The van der Waals surface area contributed by atoms with Crippen molar-refractivity contribution in [2.24, 2.45) is 5.73 Å². The van der Waals surface area contributed by atoms with Crippen LogP contribution in [0.15, 0.2) is 22.7 Å². The molecular weight excluding hydrogens is 261 g/mol. The molecule has 0 unspecified atom stereocenters. The number of hydrogen-bond acceptors (Lipinski definition) is 4. The first-order valence-corrected chi connectivity index (χ1v) is 5.92. The van der Waals surface area contributed by atoms with Crippen molar-refractivity contribution in [2.45, 2.75) is 19.4 Å². The Morgan fingerprint density at radius 2 is 2.12 bits per heavy atom. The number of benzene rings is 1. The number of halogens is 2. The van der Waals surface area contributed by atoms with E-state index in [0.717, 1.165) is 12.0 Å². The van der Waals surface area contributed by atoms with Gasteiger partial charge in [0.2, 0.25) is 11.7 Å². The van der Waals surface area contributed by atoms with Crippen molar-refractivity contribution in [2.75, 3.05) is 0 Å². The quantitative estimate of drug-likeness (QED) is 0.929. The Bertz CT molecular complexity index is 527. The van der Waals surface area contributed by atoms with Gasteiger partial charge in [0.05, 0.1) is 16.1 Å². The number of hydrogen-bond donors (Lipinski definition) is 1. The highest BCUT2D eigenvalue weighted by molar-refractivity contribution is 6.42. The van der Waals surface area contributed by atoms with Crippen LogP contribution < -0.4 is 5.73 Å². The molecule has 1 aromatic carbocycles. The topological polar surface area (TPSA) is 64.9 Å². The van der Waals surface area contributed by atoms with Crippen molar-refractivity contribution >= 4 is 23.2 Å². The van der Waals surface area contributed by atoms with E-state index in [1.165, 1.54) is 0 Å². The average molecular weight is 272 g/mol. The number of nitrogens with zero attached hydrogens (tertiary/aromatic N) is 2. The summed E-state index contributed by atoms with van der Waals surface area (Å²) in [4.78, 5) is 4.22. The number of aromatic nitrogens is 2. The Balaban J connectivity index is 2.33. The van der Waals surface area contributed by atoms with E-state index in [0.29, 0.717) is 21.8 Å². The van der Waals surface area contributed by atoms with Crippen LogP contribution in [0.3, 0.4) is 0 Å². The van der Waals surface area contributed by atoms with E-state index >= 15 is 0 Å². The van der Waals surface area contributed by atoms with E-state index in [-0.39, 0.29) is 6.04 Å². The van der Waals surface area contributed by atoms with Crippen LogP contribution >= 0.6 is 23.2 Å². The summed E-state index contributed by atoms with van der Waals surface area (Å²) in [6, 6.07) is 4.92. The predicted octanol–water partition coefficient (Wildman–Crippen LogP) is 3.45. The SMILES string of the molecule is CC[C@@H](N)c1nc(-c2ccc(Cl)c(Cl)c2)no1. The van der Waals surface area contributed by atoms with Gasteiger partial charge in [-0.25, -0.2) is 0 Å². The zero-order chi connectivity index (χ0) is 12.4. The second-order valence-electron chi connectivity index (χ2n) is 3.60. The number of rotatable bonds is 3. The molecule has 0 radical (unpaired) electrons. The van der Waals surface area contributed by atoms with Gasteiger partial charge in [-0.15, -0.1) is 0 Å². The molecule has 0 saturated heterocycles. The molecule has 1 heterocycles. The first-order chi connectivity index (χ1) is 8.11. The molecule has 2 aromatic rings. The van der Waals surface area contributed by atoms with Gasteiger partial charge in [-0.1, -0.05) is 35.3 Å². The van der Waals surface area contributed by atoms with Crippen LogP contribution in [0.4, 0.5) is 0 Å². The second-order valence-corrected chi connectivity index (χ2v) is 4.41. The van der Waals surface area contributed by atoms with Crippen molar-refractivity contribution in [1.29, 1.82) is 0 Å². The van der Waals surface area contributed by atoms with Crippen molar-refractivity contribution in [3.63, 3.8) is 0 Å². The van der Waals surface area contributed by atoms with Gasteiger partial charge in [0.15, 0.2) is 0 Å². The van der Waals surface area contributed by atoms with Crippen molar-refractivity contribution in [3.05, 3.63) is 34.1 Å². The molecule has 2 rings (SSSR count). The molecule has 0 aliphatic heterocycles. The zero-order valence-electron chi connectivity index (χ0n) is 9.15. The third-order valence-electron chi connectivity index (χ3n) is 2.38. The molecule has 0 amide bonds. The molecule has 0 bridgehead atoms. The summed E-state index contributed by atoms with van der Waals surface area (Å²) in [5.74, 6) is 0.885. The molecule has 0 aliphatic carbocycles. The Kier molecular flexibility index (Phi) is 3.66. The maximum absolute atomic E-state index is 5.92. The number of nitrogens with two attached hydrogens (primary N) is 1.